The van der Waals surface area contributed by atoms with Gasteiger partial charge in [0.1, 0.15) is 11.2 Å². The monoisotopic (exact) mass is 758 g/mol. The molecule has 0 aliphatic heterocycles. The van der Waals surface area contributed by atoms with Crippen molar-refractivity contribution in [3.63, 3.8) is 0 Å². The first-order chi connectivity index (χ1) is 28.7. The molecule has 0 atom stereocenters. The van der Waals surface area contributed by atoms with E-state index in [9.17, 15) is 0 Å². The normalized spacial score (nSPS) is 11.8. The first kappa shape index (κ1) is 32.7. The van der Waals surface area contributed by atoms with E-state index in [0.717, 1.165) is 82.7 Å². The summed E-state index contributed by atoms with van der Waals surface area (Å²) in [7, 11) is 0. The van der Waals surface area contributed by atoms with Crippen molar-refractivity contribution in [2.24, 2.45) is 0 Å². The number of aromatic nitrogens is 4. The predicted molar refractivity (Wildman–Crippen MR) is 240 cm³/mol. The molecule has 0 saturated heterocycles. The molecule has 0 N–H and O–H groups in total. The predicted octanol–water partition coefficient (Wildman–Crippen LogP) is 14.2. The molecule has 0 saturated carbocycles. The van der Waals surface area contributed by atoms with Gasteiger partial charge in [0.2, 0.25) is 0 Å². The number of rotatable bonds is 5. The maximum atomic E-state index is 6.52. The lowest BCUT2D eigenvalue weighted by Gasteiger charge is -2.11. The van der Waals surface area contributed by atoms with Crippen LogP contribution in [-0.4, -0.2) is 19.9 Å². The van der Waals surface area contributed by atoms with Crippen molar-refractivity contribution in [3.05, 3.63) is 182 Å². The Kier molecular flexibility index (Phi) is 7.33. The highest BCUT2D eigenvalue weighted by molar-refractivity contribution is 7.25. The largest absolute Gasteiger partial charge is 0.456 e. The van der Waals surface area contributed by atoms with Crippen molar-refractivity contribution in [1.29, 1.82) is 0 Å². The number of fused-ring (bicyclic) bond motifs is 10. The van der Waals surface area contributed by atoms with Gasteiger partial charge in [-0.3, -0.25) is 0 Å². The molecule has 0 aliphatic carbocycles. The summed E-state index contributed by atoms with van der Waals surface area (Å²) in [5.74, 6) is 1.93. The van der Waals surface area contributed by atoms with E-state index < -0.39 is 0 Å². The van der Waals surface area contributed by atoms with Crippen LogP contribution in [0.5, 0.6) is 0 Å². The van der Waals surface area contributed by atoms with E-state index in [-0.39, 0.29) is 0 Å². The first-order valence-electron chi connectivity index (χ1n) is 19.3. The molecule has 6 heteroatoms. The van der Waals surface area contributed by atoms with Crippen LogP contribution in [0.2, 0.25) is 0 Å². The molecule has 5 nitrogen and oxygen atoms in total. The number of hydrogen-bond acceptors (Lipinski definition) is 6. The number of para-hydroxylation sites is 1. The topological polar surface area (TPSA) is 64.7 Å². The van der Waals surface area contributed by atoms with Crippen LogP contribution in [0.25, 0.3) is 120 Å². The summed E-state index contributed by atoms with van der Waals surface area (Å²) in [5.41, 5.74) is 9.76. The maximum absolute atomic E-state index is 6.52. The van der Waals surface area contributed by atoms with Gasteiger partial charge in [0.25, 0.3) is 0 Å². The van der Waals surface area contributed by atoms with E-state index in [2.05, 4.69) is 146 Å². The summed E-state index contributed by atoms with van der Waals surface area (Å²) in [5, 5.41) is 7.91. The van der Waals surface area contributed by atoms with E-state index in [4.69, 9.17) is 24.4 Å². The van der Waals surface area contributed by atoms with Crippen molar-refractivity contribution in [2.45, 2.75) is 0 Å². The quantitative estimate of drug-likeness (QED) is 0.164. The highest BCUT2D eigenvalue weighted by atomic mass is 32.1. The number of hydrogen-bond donors (Lipinski definition) is 0. The van der Waals surface area contributed by atoms with E-state index in [1.807, 2.05) is 36.4 Å². The van der Waals surface area contributed by atoms with Crippen LogP contribution in [0, 0.1) is 0 Å². The van der Waals surface area contributed by atoms with Gasteiger partial charge in [0.05, 0.1) is 11.2 Å². The Morgan fingerprint density at radius 2 is 0.966 bits per heavy atom. The van der Waals surface area contributed by atoms with E-state index in [1.54, 1.807) is 11.3 Å². The highest BCUT2D eigenvalue weighted by Crippen LogP contribution is 2.43. The third-order valence-electron chi connectivity index (χ3n) is 11.1. The Labute approximate surface area is 336 Å². The number of thiophene rings is 1. The second-order valence-corrected chi connectivity index (χ2v) is 15.6. The van der Waals surface area contributed by atoms with Gasteiger partial charge in [-0.15, -0.1) is 11.3 Å². The van der Waals surface area contributed by atoms with Crippen molar-refractivity contribution < 1.29 is 4.42 Å². The second-order valence-electron chi connectivity index (χ2n) is 14.5. The molecule has 4 heterocycles. The molecule has 4 aromatic heterocycles. The number of benzene rings is 8. The Bertz CT molecular complexity index is 3560. The fraction of sp³-hybridized carbons (Fsp3) is 0. The fourth-order valence-corrected chi connectivity index (χ4v) is 9.55. The SMILES string of the molecule is c1ccc(-c2nc(-c3ccc(-c4ccc5oc6ccc7c(-c8ccccc8)nc8ccccc8c7c6c5c4)cc3)nc(-c3cccc4sc5ccccc5c34)n2)cc1. The Morgan fingerprint density at radius 3 is 1.78 bits per heavy atom. The standard InChI is InChI=1S/C52H30N4OS/c1-3-12-32(13-4-1)49-38-27-29-43-48(47(38)36-16-7-9-19-41(36)53-49)40-30-35(26-28-42(40)57-43)31-22-24-34(25-23-31)51-54-50(33-14-5-2-6-15-33)55-52(56-51)39-18-11-21-45-46(39)37-17-8-10-20-44(37)58-45/h1-30H. The molecule has 0 amide bonds. The summed E-state index contributed by atoms with van der Waals surface area (Å²) < 4.78 is 8.98. The molecule has 0 aliphatic rings. The van der Waals surface area contributed by atoms with Crippen LogP contribution in [0.15, 0.2) is 186 Å². The third-order valence-corrected chi connectivity index (χ3v) is 12.3. The molecule has 270 valence electrons. The molecule has 0 spiro atoms. The zero-order valence-electron chi connectivity index (χ0n) is 30.9. The molecule has 12 aromatic rings. The molecule has 0 unspecified atom stereocenters. The van der Waals surface area contributed by atoms with Crippen LogP contribution >= 0.6 is 11.3 Å². The lowest BCUT2D eigenvalue weighted by Crippen LogP contribution is -2.00. The molecule has 0 fully saturated rings. The summed E-state index contributed by atoms with van der Waals surface area (Å²) >= 11 is 1.79. The Morgan fingerprint density at radius 1 is 0.345 bits per heavy atom. The van der Waals surface area contributed by atoms with Crippen LogP contribution < -0.4 is 0 Å². The average molecular weight is 759 g/mol. The van der Waals surface area contributed by atoms with Gasteiger partial charge < -0.3 is 4.42 Å². The minimum absolute atomic E-state index is 0.629. The molecule has 8 aromatic carbocycles. The van der Waals surface area contributed by atoms with Gasteiger partial charge >= 0.3 is 0 Å². The van der Waals surface area contributed by atoms with E-state index in [1.165, 1.54) is 20.2 Å². The first-order valence-corrected chi connectivity index (χ1v) is 20.1. The van der Waals surface area contributed by atoms with Crippen molar-refractivity contribution >= 4 is 75.1 Å². The molecular formula is C52H30N4OS. The van der Waals surface area contributed by atoms with Crippen LogP contribution in [0.4, 0.5) is 0 Å². The van der Waals surface area contributed by atoms with Gasteiger partial charge in [-0.05, 0) is 53.6 Å². The van der Waals surface area contributed by atoms with Crippen molar-refractivity contribution in [1.82, 2.24) is 19.9 Å². The summed E-state index contributed by atoms with van der Waals surface area (Å²) in [6, 6.07) is 63.2. The number of furan rings is 1. The van der Waals surface area contributed by atoms with Crippen molar-refractivity contribution in [2.75, 3.05) is 0 Å². The summed E-state index contributed by atoms with van der Waals surface area (Å²) in [4.78, 5) is 20.4. The lowest BCUT2D eigenvalue weighted by molar-refractivity contribution is 0.669. The smallest absolute Gasteiger partial charge is 0.164 e. The van der Waals surface area contributed by atoms with E-state index >= 15 is 0 Å². The number of pyridine rings is 1. The fourth-order valence-electron chi connectivity index (χ4n) is 8.42. The highest BCUT2D eigenvalue weighted by Gasteiger charge is 2.19. The summed E-state index contributed by atoms with van der Waals surface area (Å²) in [6.45, 7) is 0. The minimum atomic E-state index is 0.629. The lowest BCUT2D eigenvalue weighted by atomic mass is 9.95. The second kappa shape index (κ2) is 13.0. The average Bonchev–Trinajstić information content (AvgIpc) is 3.87. The Hall–Kier alpha value is -7.54. The molecule has 0 radical (unpaired) electrons. The van der Waals surface area contributed by atoms with Gasteiger partial charge in [0, 0.05) is 69.4 Å². The Balaban J connectivity index is 1.000. The zero-order valence-corrected chi connectivity index (χ0v) is 31.7. The van der Waals surface area contributed by atoms with Gasteiger partial charge in [-0.2, -0.15) is 0 Å². The maximum Gasteiger partial charge on any atom is 0.164 e. The molecule has 12 rings (SSSR count). The molecular weight excluding hydrogens is 729 g/mol. The summed E-state index contributed by atoms with van der Waals surface area (Å²) in [6.07, 6.45) is 0. The van der Waals surface area contributed by atoms with Gasteiger partial charge in [-0.25, -0.2) is 19.9 Å². The molecule has 0 bridgehead atoms. The van der Waals surface area contributed by atoms with Gasteiger partial charge in [0.15, 0.2) is 17.5 Å². The molecule has 58 heavy (non-hydrogen) atoms. The van der Waals surface area contributed by atoms with Crippen LogP contribution in [-0.2, 0) is 0 Å². The zero-order chi connectivity index (χ0) is 38.2. The van der Waals surface area contributed by atoms with Crippen molar-refractivity contribution in [3.8, 4) is 56.5 Å². The van der Waals surface area contributed by atoms with E-state index in [0.29, 0.717) is 17.5 Å². The third kappa shape index (κ3) is 5.23. The minimum Gasteiger partial charge on any atom is -0.456 e. The van der Waals surface area contributed by atoms with Gasteiger partial charge in [-0.1, -0.05) is 140 Å². The van der Waals surface area contributed by atoms with Crippen LogP contribution in [0.1, 0.15) is 0 Å². The van der Waals surface area contributed by atoms with Crippen LogP contribution in [0.3, 0.4) is 0 Å². The number of nitrogens with zero attached hydrogens (tertiary/aromatic N) is 4.